The Kier molecular flexibility index (Phi) is 5.48. The highest BCUT2D eigenvalue weighted by Gasteiger charge is 2.23. The van der Waals surface area contributed by atoms with Gasteiger partial charge < -0.3 is 14.4 Å². The van der Waals surface area contributed by atoms with Crippen molar-refractivity contribution in [2.24, 2.45) is 0 Å². The SMILES string of the molecule is CC1CN(c2ccnc(C(=O)OCc3nnnn3-c3ccccc3)c2)CC(C)O1. The van der Waals surface area contributed by atoms with Gasteiger partial charge in [0.05, 0.1) is 17.9 Å². The van der Waals surface area contributed by atoms with Gasteiger partial charge in [-0.25, -0.2) is 9.78 Å². The van der Waals surface area contributed by atoms with Crippen molar-refractivity contribution in [1.29, 1.82) is 0 Å². The van der Waals surface area contributed by atoms with E-state index in [4.69, 9.17) is 9.47 Å². The summed E-state index contributed by atoms with van der Waals surface area (Å²) in [7, 11) is 0. The summed E-state index contributed by atoms with van der Waals surface area (Å²) in [5, 5.41) is 11.6. The van der Waals surface area contributed by atoms with E-state index in [2.05, 4.69) is 25.4 Å². The molecule has 2 aromatic heterocycles. The fourth-order valence-electron chi connectivity index (χ4n) is 3.39. The molecule has 0 radical (unpaired) electrons. The van der Waals surface area contributed by atoms with E-state index in [-0.39, 0.29) is 24.5 Å². The molecule has 4 rings (SSSR count). The van der Waals surface area contributed by atoms with Crippen molar-refractivity contribution in [3.05, 3.63) is 60.2 Å². The minimum absolute atomic E-state index is 0.0573. The molecule has 0 amide bonds. The third-order valence-electron chi connectivity index (χ3n) is 4.60. The van der Waals surface area contributed by atoms with E-state index in [1.165, 1.54) is 4.68 Å². The Bertz CT molecular complexity index is 967. The van der Waals surface area contributed by atoms with E-state index in [0.717, 1.165) is 24.5 Å². The Hall–Kier alpha value is -3.33. The predicted molar refractivity (Wildman–Crippen MR) is 105 cm³/mol. The monoisotopic (exact) mass is 394 g/mol. The van der Waals surface area contributed by atoms with Crippen LogP contribution in [0.2, 0.25) is 0 Å². The number of para-hydroxylation sites is 1. The van der Waals surface area contributed by atoms with Gasteiger partial charge >= 0.3 is 5.97 Å². The summed E-state index contributed by atoms with van der Waals surface area (Å²) >= 11 is 0. The number of hydrogen-bond acceptors (Lipinski definition) is 8. The fraction of sp³-hybridized carbons (Fsp3) is 0.350. The van der Waals surface area contributed by atoms with Gasteiger partial charge in [0.2, 0.25) is 0 Å². The molecule has 3 heterocycles. The van der Waals surface area contributed by atoms with Gasteiger partial charge in [-0.05, 0) is 48.5 Å². The molecule has 0 aliphatic carbocycles. The summed E-state index contributed by atoms with van der Waals surface area (Å²) < 4.78 is 12.7. The number of pyridine rings is 1. The van der Waals surface area contributed by atoms with Crippen LogP contribution in [0.25, 0.3) is 5.69 Å². The summed E-state index contributed by atoms with van der Waals surface area (Å²) in [6.07, 6.45) is 1.86. The molecule has 0 bridgehead atoms. The zero-order valence-corrected chi connectivity index (χ0v) is 16.3. The summed E-state index contributed by atoms with van der Waals surface area (Å²) in [4.78, 5) is 18.9. The van der Waals surface area contributed by atoms with Crippen LogP contribution >= 0.6 is 0 Å². The van der Waals surface area contributed by atoms with Crippen LogP contribution < -0.4 is 4.90 Å². The van der Waals surface area contributed by atoms with Gasteiger partial charge in [0.1, 0.15) is 5.69 Å². The topological polar surface area (TPSA) is 95.3 Å². The van der Waals surface area contributed by atoms with E-state index in [1.54, 1.807) is 12.3 Å². The van der Waals surface area contributed by atoms with Crippen LogP contribution in [0.1, 0.15) is 30.2 Å². The average molecular weight is 394 g/mol. The lowest BCUT2D eigenvalue weighted by Gasteiger charge is -2.36. The molecule has 0 spiro atoms. The van der Waals surface area contributed by atoms with Crippen molar-refractivity contribution in [1.82, 2.24) is 25.2 Å². The number of hydrogen-bond donors (Lipinski definition) is 0. The summed E-state index contributed by atoms with van der Waals surface area (Å²) in [5.74, 6) is -0.0969. The zero-order valence-electron chi connectivity index (χ0n) is 16.3. The lowest BCUT2D eigenvalue weighted by molar-refractivity contribution is -0.00522. The summed E-state index contributed by atoms with van der Waals surface area (Å²) in [6, 6.07) is 13.0. The highest BCUT2D eigenvalue weighted by molar-refractivity contribution is 5.88. The van der Waals surface area contributed by atoms with E-state index in [1.807, 2.05) is 50.2 Å². The van der Waals surface area contributed by atoms with E-state index in [0.29, 0.717) is 5.82 Å². The number of rotatable bonds is 5. The van der Waals surface area contributed by atoms with Crippen LogP contribution in [-0.2, 0) is 16.1 Å². The Morgan fingerprint density at radius 2 is 1.90 bits per heavy atom. The first-order valence-corrected chi connectivity index (χ1v) is 9.46. The number of carbonyl (C=O) groups excluding carboxylic acids is 1. The van der Waals surface area contributed by atoms with Gasteiger partial charge in [-0.2, -0.15) is 4.68 Å². The van der Waals surface area contributed by atoms with Crippen molar-refractivity contribution in [3.8, 4) is 5.69 Å². The normalized spacial score (nSPS) is 19.2. The number of esters is 1. The van der Waals surface area contributed by atoms with E-state index in [9.17, 15) is 4.79 Å². The molecular weight excluding hydrogens is 372 g/mol. The maximum absolute atomic E-state index is 12.5. The van der Waals surface area contributed by atoms with Crippen molar-refractivity contribution in [3.63, 3.8) is 0 Å². The minimum atomic E-state index is -0.524. The number of anilines is 1. The first-order valence-electron chi connectivity index (χ1n) is 9.46. The second kappa shape index (κ2) is 8.36. The van der Waals surface area contributed by atoms with Crippen LogP contribution in [0.4, 0.5) is 5.69 Å². The molecule has 0 N–H and O–H groups in total. The quantitative estimate of drug-likeness (QED) is 0.607. The molecule has 0 saturated carbocycles. The smallest absolute Gasteiger partial charge is 0.357 e. The van der Waals surface area contributed by atoms with E-state index < -0.39 is 5.97 Å². The van der Waals surface area contributed by atoms with Crippen molar-refractivity contribution >= 4 is 11.7 Å². The molecule has 29 heavy (non-hydrogen) atoms. The molecule has 3 aromatic rings. The van der Waals surface area contributed by atoms with Gasteiger partial charge in [-0.3, -0.25) is 0 Å². The molecule has 1 aromatic carbocycles. The predicted octanol–water partition coefficient (Wildman–Crippen LogP) is 2.03. The molecule has 1 fully saturated rings. The Balaban J connectivity index is 1.44. The van der Waals surface area contributed by atoms with Gasteiger partial charge in [-0.15, -0.1) is 5.10 Å². The maximum Gasteiger partial charge on any atom is 0.357 e. The van der Waals surface area contributed by atoms with Crippen LogP contribution in [0, 0.1) is 0 Å². The number of ether oxygens (including phenoxy) is 2. The molecule has 150 valence electrons. The first-order chi connectivity index (χ1) is 14.1. The minimum Gasteiger partial charge on any atom is -0.453 e. The Labute approximate surface area is 168 Å². The van der Waals surface area contributed by atoms with E-state index >= 15 is 0 Å². The maximum atomic E-state index is 12.5. The molecule has 2 unspecified atom stereocenters. The largest absolute Gasteiger partial charge is 0.453 e. The second-order valence-electron chi connectivity index (χ2n) is 6.98. The first kappa shape index (κ1) is 19.0. The Morgan fingerprint density at radius 3 is 2.66 bits per heavy atom. The van der Waals surface area contributed by atoms with Crippen LogP contribution in [0.15, 0.2) is 48.7 Å². The highest BCUT2D eigenvalue weighted by Crippen LogP contribution is 2.21. The third kappa shape index (κ3) is 4.40. The molecular formula is C20H22N6O3. The highest BCUT2D eigenvalue weighted by atomic mass is 16.5. The van der Waals surface area contributed by atoms with Gasteiger partial charge in [-0.1, -0.05) is 18.2 Å². The number of benzene rings is 1. The molecule has 9 nitrogen and oxygen atoms in total. The van der Waals surface area contributed by atoms with Crippen molar-refractivity contribution in [2.45, 2.75) is 32.7 Å². The number of nitrogens with zero attached hydrogens (tertiary/aromatic N) is 6. The second-order valence-corrected chi connectivity index (χ2v) is 6.98. The summed E-state index contributed by atoms with van der Waals surface area (Å²) in [5.41, 5.74) is 1.95. The summed E-state index contributed by atoms with van der Waals surface area (Å²) in [6.45, 7) is 5.54. The molecule has 1 aliphatic rings. The lowest BCUT2D eigenvalue weighted by Crippen LogP contribution is -2.45. The number of tetrazole rings is 1. The zero-order chi connectivity index (χ0) is 20.2. The van der Waals surface area contributed by atoms with Crippen molar-refractivity contribution in [2.75, 3.05) is 18.0 Å². The molecule has 9 heteroatoms. The lowest BCUT2D eigenvalue weighted by atomic mass is 10.2. The number of morpholine rings is 1. The number of carbonyl (C=O) groups is 1. The third-order valence-corrected chi connectivity index (χ3v) is 4.60. The fourth-order valence-corrected chi connectivity index (χ4v) is 3.39. The Morgan fingerprint density at radius 1 is 1.14 bits per heavy atom. The molecule has 1 aliphatic heterocycles. The van der Waals surface area contributed by atoms with Crippen LogP contribution in [0.3, 0.4) is 0 Å². The van der Waals surface area contributed by atoms with Crippen molar-refractivity contribution < 1.29 is 14.3 Å². The van der Waals surface area contributed by atoms with Gasteiger partial charge in [0.15, 0.2) is 12.4 Å². The molecule has 2 atom stereocenters. The van der Waals surface area contributed by atoms with Crippen LogP contribution in [0.5, 0.6) is 0 Å². The average Bonchev–Trinajstić information content (AvgIpc) is 3.21. The molecule has 1 saturated heterocycles. The van der Waals surface area contributed by atoms with Crippen LogP contribution in [-0.4, -0.2) is 56.5 Å². The van der Waals surface area contributed by atoms with Gasteiger partial charge in [0, 0.05) is 25.0 Å². The number of aromatic nitrogens is 5. The standard InChI is InChI=1S/C20H22N6O3/c1-14-11-25(12-15(2)29-14)17-8-9-21-18(10-17)20(27)28-13-19-22-23-24-26(19)16-6-4-3-5-7-16/h3-10,14-15H,11-13H2,1-2H3. The van der Waals surface area contributed by atoms with Gasteiger partial charge in [0.25, 0.3) is 0 Å².